The first-order valence-electron chi connectivity index (χ1n) is 9.87. The van der Waals surface area contributed by atoms with Crippen LogP contribution in [-0.4, -0.2) is 17.8 Å². The molecule has 0 radical (unpaired) electrons. The maximum atomic E-state index is 13.0. The van der Waals surface area contributed by atoms with Gasteiger partial charge in [0.1, 0.15) is 5.75 Å². The maximum absolute atomic E-state index is 13.0. The number of fused-ring (bicyclic) bond motifs is 1. The summed E-state index contributed by atoms with van der Waals surface area (Å²) in [7, 11) is 0. The molecule has 31 heavy (non-hydrogen) atoms. The van der Waals surface area contributed by atoms with Crippen molar-refractivity contribution >= 4 is 39.8 Å². The second kappa shape index (κ2) is 9.02. The fourth-order valence-corrected chi connectivity index (χ4v) is 3.51. The van der Waals surface area contributed by atoms with Crippen molar-refractivity contribution in [3.8, 4) is 5.75 Å². The number of anilines is 1. The van der Waals surface area contributed by atoms with E-state index in [4.69, 9.17) is 16.3 Å². The van der Waals surface area contributed by atoms with Crippen molar-refractivity contribution in [2.24, 2.45) is 0 Å². The summed E-state index contributed by atoms with van der Waals surface area (Å²) < 4.78 is 5.95. The molecular weight excluding hydrogens is 410 g/mol. The third kappa shape index (κ3) is 4.60. The van der Waals surface area contributed by atoms with Gasteiger partial charge in [-0.3, -0.25) is 9.59 Å². The smallest absolute Gasteiger partial charge is 0.265 e. The van der Waals surface area contributed by atoms with Crippen LogP contribution in [0.4, 0.5) is 5.69 Å². The van der Waals surface area contributed by atoms with Crippen LogP contribution in [-0.2, 0) is 4.79 Å². The standard InChI is InChI=1S/C26H20ClNO3/c1-17(31-24-13-7-11-18-8-5-6-12-21(18)24)26(30)28-23-15-14-20(27)16-22(23)25(29)19-9-3-2-4-10-19/h2-17H,1H3,(H,28,30). The number of hydrogen-bond donors (Lipinski definition) is 1. The molecule has 1 N–H and O–H groups in total. The Morgan fingerprint density at radius 2 is 1.58 bits per heavy atom. The normalized spacial score (nSPS) is 11.7. The summed E-state index contributed by atoms with van der Waals surface area (Å²) in [5.41, 5.74) is 1.22. The molecule has 0 spiro atoms. The number of ether oxygens (including phenoxy) is 1. The zero-order valence-corrected chi connectivity index (χ0v) is 17.6. The van der Waals surface area contributed by atoms with E-state index in [0.29, 0.717) is 27.6 Å². The Morgan fingerprint density at radius 3 is 2.39 bits per heavy atom. The molecule has 4 nitrogen and oxygen atoms in total. The lowest BCUT2D eigenvalue weighted by Crippen LogP contribution is -2.30. The second-order valence-corrected chi connectivity index (χ2v) is 7.55. The molecule has 4 rings (SSSR count). The first-order valence-corrected chi connectivity index (χ1v) is 10.3. The number of hydrogen-bond acceptors (Lipinski definition) is 3. The largest absolute Gasteiger partial charge is 0.480 e. The molecule has 0 fully saturated rings. The molecule has 0 aliphatic rings. The highest BCUT2D eigenvalue weighted by Crippen LogP contribution is 2.27. The molecule has 0 bridgehead atoms. The minimum atomic E-state index is -0.777. The van der Waals surface area contributed by atoms with Crippen molar-refractivity contribution in [3.05, 3.63) is 107 Å². The lowest BCUT2D eigenvalue weighted by molar-refractivity contribution is -0.122. The SMILES string of the molecule is CC(Oc1cccc2ccccc12)C(=O)Nc1ccc(Cl)cc1C(=O)c1ccccc1. The van der Waals surface area contributed by atoms with Crippen LogP contribution in [0.15, 0.2) is 91.0 Å². The predicted octanol–water partition coefficient (Wildman–Crippen LogP) is 6.13. The Hall–Kier alpha value is -3.63. The van der Waals surface area contributed by atoms with Gasteiger partial charge in [-0.1, -0.05) is 78.3 Å². The molecule has 4 aromatic rings. The molecule has 5 heteroatoms. The fraction of sp³-hybridized carbons (Fsp3) is 0.0769. The van der Waals surface area contributed by atoms with E-state index in [9.17, 15) is 9.59 Å². The van der Waals surface area contributed by atoms with Gasteiger partial charge in [0.25, 0.3) is 5.91 Å². The van der Waals surface area contributed by atoms with Crippen LogP contribution in [0.3, 0.4) is 0 Å². The van der Waals surface area contributed by atoms with Crippen molar-refractivity contribution in [1.82, 2.24) is 0 Å². The molecule has 1 unspecified atom stereocenters. The molecule has 0 aromatic heterocycles. The van der Waals surface area contributed by atoms with Crippen molar-refractivity contribution in [2.45, 2.75) is 13.0 Å². The van der Waals surface area contributed by atoms with Crippen LogP contribution >= 0.6 is 11.6 Å². The van der Waals surface area contributed by atoms with Crippen LogP contribution in [0.1, 0.15) is 22.8 Å². The lowest BCUT2D eigenvalue weighted by atomic mass is 10.0. The number of carbonyl (C=O) groups excluding carboxylic acids is 2. The van der Waals surface area contributed by atoms with Gasteiger partial charge < -0.3 is 10.1 Å². The molecule has 0 aliphatic heterocycles. The number of rotatable bonds is 6. The fourth-order valence-electron chi connectivity index (χ4n) is 3.34. The Balaban J connectivity index is 1.56. The molecule has 0 heterocycles. The van der Waals surface area contributed by atoms with Gasteiger partial charge in [-0.15, -0.1) is 0 Å². The zero-order chi connectivity index (χ0) is 21.8. The van der Waals surface area contributed by atoms with E-state index in [0.717, 1.165) is 10.8 Å². The highest BCUT2D eigenvalue weighted by atomic mass is 35.5. The minimum absolute atomic E-state index is 0.221. The minimum Gasteiger partial charge on any atom is -0.480 e. The number of amides is 1. The summed E-state index contributed by atoms with van der Waals surface area (Å²) in [4.78, 5) is 25.8. The topological polar surface area (TPSA) is 55.4 Å². The van der Waals surface area contributed by atoms with Crippen LogP contribution in [0.25, 0.3) is 10.8 Å². The van der Waals surface area contributed by atoms with E-state index in [-0.39, 0.29) is 11.7 Å². The van der Waals surface area contributed by atoms with E-state index < -0.39 is 6.10 Å². The number of carbonyl (C=O) groups is 2. The van der Waals surface area contributed by atoms with E-state index >= 15 is 0 Å². The van der Waals surface area contributed by atoms with E-state index in [2.05, 4.69) is 5.32 Å². The maximum Gasteiger partial charge on any atom is 0.265 e. The third-order valence-electron chi connectivity index (χ3n) is 4.94. The number of benzene rings is 4. The van der Waals surface area contributed by atoms with Crippen LogP contribution in [0.5, 0.6) is 5.75 Å². The Bertz CT molecular complexity index is 1250. The van der Waals surface area contributed by atoms with Crippen molar-refractivity contribution < 1.29 is 14.3 Å². The van der Waals surface area contributed by atoms with Gasteiger partial charge in [-0.05, 0) is 36.6 Å². The molecule has 4 aromatic carbocycles. The van der Waals surface area contributed by atoms with E-state index in [1.807, 2.05) is 48.5 Å². The molecule has 154 valence electrons. The average Bonchev–Trinajstić information content (AvgIpc) is 2.80. The lowest BCUT2D eigenvalue weighted by Gasteiger charge is -2.17. The van der Waals surface area contributed by atoms with Gasteiger partial charge in [0.05, 0.1) is 5.69 Å². The molecule has 1 atom stereocenters. The van der Waals surface area contributed by atoms with Crippen LogP contribution in [0.2, 0.25) is 5.02 Å². The Kier molecular flexibility index (Phi) is 6.01. The number of nitrogens with one attached hydrogen (secondary N) is 1. The van der Waals surface area contributed by atoms with Crippen molar-refractivity contribution in [1.29, 1.82) is 0 Å². The number of ketones is 1. The average molecular weight is 430 g/mol. The molecule has 0 saturated heterocycles. The van der Waals surface area contributed by atoms with E-state index in [1.165, 1.54) is 0 Å². The Morgan fingerprint density at radius 1 is 0.871 bits per heavy atom. The third-order valence-corrected chi connectivity index (χ3v) is 5.18. The quantitative estimate of drug-likeness (QED) is 0.375. The summed E-state index contributed by atoms with van der Waals surface area (Å²) in [6.45, 7) is 1.67. The summed E-state index contributed by atoms with van der Waals surface area (Å²) in [6, 6.07) is 27.2. The van der Waals surface area contributed by atoms with Crippen molar-refractivity contribution in [2.75, 3.05) is 5.32 Å². The monoisotopic (exact) mass is 429 g/mol. The molecule has 1 amide bonds. The van der Waals surface area contributed by atoms with Gasteiger partial charge in [0.2, 0.25) is 0 Å². The van der Waals surface area contributed by atoms with Gasteiger partial charge in [-0.2, -0.15) is 0 Å². The summed E-state index contributed by atoms with van der Waals surface area (Å²) in [5.74, 6) is 0.0378. The number of halogens is 1. The summed E-state index contributed by atoms with van der Waals surface area (Å²) >= 11 is 6.12. The van der Waals surface area contributed by atoms with Gasteiger partial charge in [0.15, 0.2) is 11.9 Å². The molecule has 0 aliphatic carbocycles. The highest BCUT2D eigenvalue weighted by molar-refractivity contribution is 6.31. The highest BCUT2D eigenvalue weighted by Gasteiger charge is 2.20. The van der Waals surface area contributed by atoms with E-state index in [1.54, 1.807) is 49.4 Å². The zero-order valence-electron chi connectivity index (χ0n) is 16.8. The molecule has 0 saturated carbocycles. The first kappa shape index (κ1) is 20.6. The molecular formula is C26H20ClNO3. The second-order valence-electron chi connectivity index (χ2n) is 7.11. The van der Waals surface area contributed by atoms with Crippen LogP contribution < -0.4 is 10.1 Å². The Labute approximate surface area is 185 Å². The predicted molar refractivity (Wildman–Crippen MR) is 124 cm³/mol. The van der Waals surface area contributed by atoms with Gasteiger partial charge in [-0.25, -0.2) is 0 Å². The summed E-state index contributed by atoms with van der Waals surface area (Å²) in [5, 5.41) is 5.18. The summed E-state index contributed by atoms with van der Waals surface area (Å²) in [6.07, 6.45) is -0.777. The van der Waals surface area contributed by atoms with Crippen LogP contribution in [0, 0.1) is 0 Å². The first-order chi connectivity index (χ1) is 15.0. The van der Waals surface area contributed by atoms with Gasteiger partial charge in [0, 0.05) is 21.5 Å². The van der Waals surface area contributed by atoms with Crippen molar-refractivity contribution in [3.63, 3.8) is 0 Å². The van der Waals surface area contributed by atoms with Gasteiger partial charge >= 0.3 is 0 Å².